The van der Waals surface area contributed by atoms with E-state index in [2.05, 4.69) is 30.2 Å². The third-order valence-corrected chi connectivity index (χ3v) is 5.53. The number of hydrogen-bond acceptors (Lipinski definition) is 3. The number of benzene rings is 1. The van der Waals surface area contributed by atoms with E-state index in [-0.39, 0.29) is 23.9 Å². The Kier molecular flexibility index (Phi) is 3.49. The molecule has 1 aliphatic carbocycles. The lowest BCUT2D eigenvalue weighted by Gasteiger charge is -2.44. The van der Waals surface area contributed by atoms with Gasteiger partial charge in [-0.2, -0.15) is 5.10 Å². The van der Waals surface area contributed by atoms with E-state index in [1.54, 1.807) is 11.6 Å². The second-order valence-corrected chi connectivity index (χ2v) is 7.28. The van der Waals surface area contributed by atoms with Gasteiger partial charge in [-0.3, -0.25) is 9.48 Å². The van der Waals surface area contributed by atoms with Crippen LogP contribution in [0.3, 0.4) is 0 Å². The van der Waals surface area contributed by atoms with Crippen molar-refractivity contribution < 1.29 is 4.79 Å². The highest BCUT2D eigenvalue weighted by Crippen LogP contribution is 2.48. The van der Waals surface area contributed by atoms with Gasteiger partial charge in [0.15, 0.2) is 0 Å². The number of carbonyl (C=O) groups is 1. The van der Waals surface area contributed by atoms with Gasteiger partial charge in [0.25, 0.3) is 0 Å². The minimum atomic E-state index is -0.0437. The molecule has 2 heterocycles. The summed E-state index contributed by atoms with van der Waals surface area (Å²) >= 11 is 0. The van der Waals surface area contributed by atoms with E-state index in [0.29, 0.717) is 5.92 Å². The topological polar surface area (TPSA) is 64.2 Å². The van der Waals surface area contributed by atoms with Crippen molar-refractivity contribution in [3.8, 4) is 11.1 Å². The molecular formula is C19H24N4O. The quantitative estimate of drug-likeness (QED) is 0.924. The van der Waals surface area contributed by atoms with Crippen LogP contribution >= 0.6 is 0 Å². The zero-order chi connectivity index (χ0) is 17.0. The lowest BCUT2D eigenvalue weighted by molar-refractivity contribution is -0.117. The molecule has 1 aromatic carbocycles. The van der Waals surface area contributed by atoms with Crippen molar-refractivity contribution in [3.05, 3.63) is 36.2 Å². The van der Waals surface area contributed by atoms with Crippen LogP contribution in [-0.2, 0) is 11.8 Å². The van der Waals surface area contributed by atoms with Gasteiger partial charge in [0.1, 0.15) is 0 Å². The van der Waals surface area contributed by atoms with E-state index in [1.807, 2.05) is 24.3 Å². The van der Waals surface area contributed by atoms with Crippen molar-refractivity contribution in [1.29, 1.82) is 0 Å². The lowest BCUT2D eigenvalue weighted by Crippen LogP contribution is -2.51. The highest BCUT2D eigenvalue weighted by Gasteiger charge is 2.46. The van der Waals surface area contributed by atoms with Gasteiger partial charge in [-0.05, 0) is 47.9 Å². The maximum atomic E-state index is 12.4. The van der Waals surface area contributed by atoms with Crippen LogP contribution in [0.4, 0.5) is 5.69 Å². The molecule has 5 heteroatoms. The molecule has 0 bridgehead atoms. The first-order valence-electron chi connectivity index (χ1n) is 8.65. The Morgan fingerprint density at radius 3 is 2.62 bits per heavy atom. The SMILES string of the molecule is CC(=O)N1c2ccc(-c3cnn(C)c3)cc2[C@H](N)[C@@H](C)C1C1CC1. The van der Waals surface area contributed by atoms with Gasteiger partial charge in [-0.15, -0.1) is 0 Å². The summed E-state index contributed by atoms with van der Waals surface area (Å²) in [6, 6.07) is 6.44. The van der Waals surface area contributed by atoms with Gasteiger partial charge in [-0.1, -0.05) is 13.0 Å². The average molecular weight is 324 g/mol. The molecule has 126 valence electrons. The second-order valence-electron chi connectivity index (χ2n) is 7.28. The van der Waals surface area contributed by atoms with Crippen molar-refractivity contribution in [2.75, 3.05) is 4.90 Å². The second kappa shape index (κ2) is 5.45. The third-order valence-electron chi connectivity index (χ3n) is 5.53. The molecule has 1 aromatic heterocycles. The number of rotatable bonds is 2. The fourth-order valence-electron chi connectivity index (χ4n) is 4.14. The van der Waals surface area contributed by atoms with Gasteiger partial charge in [0, 0.05) is 43.5 Å². The Bertz CT molecular complexity index is 792. The first-order valence-corrected chi connectivity index (χ1v) is 8.65. The number of aromatic nitrogens is 2. The number of carbonyl (C=O) groups excluding carboxylic acids is 1. The Labute approximate surface area is 142 Å². The van der Waals surface area contributed by atoms with Crippen molar-refractivity contribution in [1.82, 2.24) is 9.78 Å². The van der Waals surface area contributed by atoms with E-state index in [4.69, 9.17) is 5.73 Å². The number of nitrogens with two attached hydrogens (primary N) is 1. The lowest BCUT2D eigenvalue weighted by atomic mass is 9.80. The van der Waals surface area contributed by atoms with Crippen LogP contribution < -0.4 is 10.6 Å². The zero-order valence-corrected chi connectivity index (χ0v) is 14.4. The minimum absolute atomic E-state index is 0.0437. The molecule has 3 atom stereocenters. The van der Waals surface area contributed by atoms with Crippen molar-refractivity contribution in [2.45, 2.75) is 38.8 Å². The largest absolute Gasteiger partial charge is 0.324 e. The number of hydrogen-bond donors (Lipinski definition) is 1. The molecule has 2 N–H and O–H groups in total. The van der Waals surface area contributed by atoms with Crippen LogP contribution in [0.2, 0.25) is 0 Å². The number of aryl methyl sites for hydroxylation is 1. The Morgan fingerprint density at radius 2 is 2.04 bits per heavy atom. The summed E-state index contributed by atoms with van der Waals surface area (Å²) in [5, 5.41) is 4.25. The third kappa shape index (κ3) is 2.35. The Morgan fingerprint density at radius 1 is 1.29 bits per heavy atom. The number of amides is 1. The van der Waals surface area contributed by atoms with Gasteiger partial charge < -0.3 is 10.6 Å². The van der Waals surface area contributed by atoms with E-state index in [1.165, 1.54) is 12.8 Å². The van der Waals surface area contributed by atoms with Crippen LogP contribution in [0.5, 0.6) is 0 Å². The van der Waals surface area contributed by atoms with E-state index >= 15 is 0 Å². The smallest absolute Gasteiger partial charge is 0.224 e. The molecule has 1 unspecified atom stereocenters. The maximum absolute atomic E-state index is 12.4. The molecule has 0 spiro atoms. The van der Waals surface area contributed by atoms with Crippen LogP contribution in [0, 0.1) is 11.8 Å². The molecular weight excluding hydrogens is 300 g/mol. The summed E-state index contributed by atoms with van der Waals surface area (Å²) < 4.78 is 1.79. The summed E-state index contributed by atoms with van der Waals surface area (Å²) in [6.45, 7) is 3.85. The van der Waals surface area contributed by atoms with Crippen LogP contribution in [0.25, 0.3) is 11.1 Å². The molecule has 5 nitrogen and oxygen atoms in total. The maximum Gasteiger partial charge on any atom is 0.224 e. The molecule has 1 amide bonds. The number of nitrogens with zero attached hydrogens (tertiary/aromatic N) is 3. The molecule has 24 heavy (non-hydrogen) atoms. The molecule has 2 aromatic rings. The van der Waals surface area contributed by atoms with Gasteiger partial charge in [0.05, 0.1) is 6.20 Å². The van der Waals surface area contributed by atoms with E-state index < -0.39 is 0 Å². The summed E-state index contributed by atoms with van der Waals surface area (Å²) in [6.07, 6.45) is 6.26. The highest BCUT2D eigenvalue weighted by atomic mass is 16.2. The number of anilines is 1. The molecule has 0 saturated heterocycles. The van der Waals surface area contributed by atoms with Crippen molar-refractivity contribution in [2.24, 2.45) is 24.6 Å². The first kappa shape index (κ1) is 15.4. The number of fused-ring (bicyclic) bond motifs is 1. The molecule has 1 fully saturated rings. The van der Waals surface area contributed by atoms with Crippen molar-refractivity contribution >= 4 is 11.6 Å². The Hall–Kier alpha value is -2.14. The van der Waals surface area contributed by atoms with E-state index in [9.17, 15) is 4.79 Å². The molecule has 1 aliphatic heterocycles. The van der Waals surface area contributed by atoms with Crippen LogP contribution in [0.15, 0.2) is 30.6 Å². The zero-order valence-electron chi connectivity index (χ0n) is 14.4. The van der Waals surface area contributed by atoms with E-state index in [0.717, 1.165) is 22.4 Å². The normalized spacial score (nSPS) is 26.3. The van der Waals surface area contributed by atoms with Crippen LogP contribution in [-0.4, -0.2) is 21.7 Å². The van der Waals surface area contributed by atoms with Crippen molar-refractivity contribution in [3.63, 3.8) is 0 Å². The molecule has 1 saturated carbocycles. The summed E-state index contributed by atoms with van der Waals surface area (Å²) in [5.74, 6) is 0.972. The minimum Gasteiger partial charge on any atom is -0.324 e. The predicted molar refractivity (Wildman–Crippen MR) is 94.4 cm³/mol. The fourth-order valence-corrected chi connectivity index (χ4v) is 4.14. The molecule has 2 aliphatic rings. The Balaban J connectivity index is 1.82. The van der Waals surface area contributed by atoms with Crippen LogP contribution in [0.1, 0.15) is 38.3 Å². The van der Waals surface area contributed by atoms with Gasteiger partial charge in [0.2, 0.25) is 5.91 Å². The fraction of sp³-hybridized carbons (Fsp3) is 0.474. The highest BCUT2D eigenvalue weighted by molar-refractivity contribution is 5.94. The molecule has 4 rings (SSSR count). The summed E-state index contributed by atoms with van der Waals surface area (Å²) in [5.41, 5.74) is 10.8. The van der Waals surface area contributed by atoms with Gasteiger partial charge >= 0.3 is 0 Å². The standard InChI is InChI=1S/C19H24N4O/c1-11-18(20)16-8-14(15-9-21-22(3)10-15)6-7-17(16)23(12(2)24)19(11)13-4-5-13/h6-11,13,18-19H,4-5,20H2,1-3H3/t11-,18-,19?/m1/s1. The first-order chi connectivity index (χ1) is 11.5. The predicted octanol–water partition coefficient (Wildman–Crippen LogP) is 2.87. The monoisotopic (exact) mass is 324 g/mol. The average Bonchev–Trinajstić information content (AvgIpc) is 3.30. The summed E-state index contributed by atoms with van der Waals surface area (Å²) in [4.78, 5) is 14.4. The molecule has 0 radical (unpaired) electrons. The summed E-state index contributed by atoms with van der Waals surface area (Å²) in [7, 11) is 1.91. The van der Waals surface area contributed by atoms with Gasteiger partial charge in [-0.25, -0.2) is 0 Å².